The number of aryl methyl sites for hydroxylation is 1. The van der Waals surface area contributed by atoms with Crippen LogP contribution in [0.1, 0.15) is 30.3 Å². The average Bonchev–Trinajstić information content (AvgIpc) is 2.87. The van der Waals surface area contributed by atoms with Crippen LogP contribution in [0.2, 0.25) is 0 Å². The van der Waals surface area contributed by atoms with Gasteiger partial charge in [0.15, 0.2) is 5.78 Å². The maximum atomic E-state index is 12.0. The Morgan fingerprint density at radius 1 is 1.79 bits per heavy atom. The summed E-state index contributed by atoms with van der Waals surface area (Å²) < 4.78 is 1.75. The van der Waals surface area contributed by atoms with Crippen LogP contribution in [0, 0.1) is 0 Å². The van der Waals surface area contributed by atoms with Gasteiger partial charge >= 0.3 is 0 Å². The summed E-state index contributed by atoms with van der Waals surface area (Å²) in [5, 5.41) is 7.30. The van der Waals surface area contributed by atoms with Gasteiger partial charge in [-0.3, -0.25) is 9.48 Å². The quantitative estimate of drug-likeness (QED) is 0.723. The van der Waals surface area contributed by atoms with Gasteiger partial charge in [0.2, 0.25) is 0 Å². The fraction of sp³-hybridized carbons (Fsp3) is 0.600. The van der Waals surface area contributed by atoms with Gasteiger partial charge in [-0.25, -0.2) is 0 Å². The van der Waals surface area contributed by atoms with Crippen LogP contribution in [0.15, 0.2) is 12.3 Å². The second-order valence-corrected chi connectivity index (χ2v) is 3.55. The maximum Gasteiger partial charge on any atom is 0.197 e. The molecule has 0 saturated carbocycles. The van der Waals surface area contributed by atoms with E-state index in [1.54, 1.807) is 16.9 Å². The van der Waals surface area contributed by atoms with Gasteiger partial charge in [0.1, 0.15) is 5.69 Å². The zero-order valence-electron chi connectivity index (χ0n) is 8.36. The van der Waals surface area contributed by atoms with Gasteiger partial charge in [-0.15, -0.1) is 0 Å². The maximum absolute atomic E-state index is 12.0. The summed E-state index contributed by atoms with van der Waals surface area (Å²) >= 11 is 0. The van der Waals surface area contributed by atoms with Crippen LogP contribution in [0.4, 0.5) is 0 Å². The lowest BCUT2D eigenvalue weighted by Crippen LogP contribution is -2.32. The van der Waals surface area contributed by atoms with E-state index in [0.29, 0.717) is 0 Å². The Morgan fingerprint density at radius 3 is 3.29 bits per heavy atom. The number of hydrogen-bond acceptors (Lipinski definition) is 3. The summed E-state index contributed by atoms with van der Waals surface area (Å²) in [5.41, 5.74) is 0.729. The highest BCUT2D eigenvalue weighted by molar-refractivity contribution is 5.98. The molecule has 2 rings (SSSR count). The third-order valence-corrected chi connectivity index (χ3v) is 2.65. The van der Waals surface area contributed by atoms with Gasteiger partial charge in [-0.2, -0.15) is 5.10 Å². The highest BCUT2D eigenvalue weighted by Crippen LogP contribution is 2.11. The van der Waals surface area contributed by atoms with Crippen molar-refractivity contribution in [3.8, 4) is 0 Å². The second kappa shape index (κ2) is 3.92. The molecular weight excluding hydrogens is 178 g/mol. The average molecular weight is 193 g/mol. The molecule has 4 heteroatoms. The van der Waals surface area contributed by atoms with E-state index in [1.807, 2.05) is 6.92 Å². The van der Waals surface area contributed by atoms with E-state index in [0.717, 1.165) is 31.6 Å². The molecule has 0 aromatic carbocycles. The van der Waals surface area contributed by atoms with Crippen molar-refractivity contribution in [1.29, 1.82) is 0 Å². The van der Waals surface area contributed by atoms with E-state index < -0.39 is 0 Å². The standard InChI is InChI=1S/C10H15N3O/c1-2-13-9(5-7-12-13)10(14)8-4-3-6-11-8/h5,7-8,11H,2-4,6H2,1H3. The number of carbonyl (C=O) groups is 1. The van der Waals surface area contributed by atoms with Crippen LogP contribution in [-0.2, 0) is 6.54 Å². The third-order valence-electron chi connectivity index (χ3n) is 2.65. The van der Waals surface area contributed by atoms with Crippen molar-refractivity contribution in [3.63, 3.8) is 0 Å². The van der Waals surface area contributed by atoms with Crippen LogP contribution < -0.4 is 5.32 Å². The summed E-state index contributed by atoms with van der Waals surface area (Å²) in [7, 11) is 0. The molecule has 76 valence electrons. The van der Waals surface area contributed by atoms with Crippen molar-refractivity contribution in [2.24, 2.45) is 0 Å². The Labute approximate surface area is 83.3 Å². The fourth-order valence-electron chi connectivity index (χ4n) is 1.88. The van der Waals surface area contributed by atoms with Crippen LogP contribution in [0.5, 0.6) is 0 Å². The van der Waals surface area contributed by atoms with Crippen molar-refractivity contribution >= 4 is 5.78 Å². The van der Waals surface area contributed by atoms with Crippen molar-refractivity contribution < 1.29 is 4.79 Å². The summed E-state index contributed by atoms with van der Waals surface area (Å²) in [5.74, 6) is 0.182. The minimum atomic E-state index is 0.0111. The van der Waals surface area contributed by atoms with Gasteiger partial charge in [-0.05, 0) is 32.4 Å². The van der Waals surface area contributed by atoms with Crippen molar-refractivity contribution in [2.45, 2.75) is 32.4 Å². The lowest BCUT2D eigenvalue weighted by atomic mass is 10.1. The smallest absolute Gasteiger partial charge is 0.197 e. The van der Waals surface area contributed by atoms with Crippen LogP contribution in [0.25, 0.3) is 0 Å². The van der Waals surface area contributed by atoms with E-state index in [9.17, 15) is 4.79 Å². The first-order chi connectivity index (χ1) is 6.83. The molecule has 0 bridgehead atoms. The lowest BCUT2D eigenvalue weighted by molar-refractivity contribution is 0.0941. The zero-order chi connectivity index (χ0) is 9.97. The van der Waals surface area contributed by atoms with Gasteiger partial charge in [-0.1, -0.05) is 0 Å². The van der Waals surface area contributed by atoms with Gasteiger partial charge in [0, 0.05) is 12.7 Å². The fourth-order valence-corrected chi connectivity index (χ4v) is 1.88. The molecular formula is C10H15N3O. The monoisotopic (exact) mass is 193 g/mol. The Hall–Kier alpha value is -1.16. The van der Waals surface area contributed by atoms with E-state index in [2.05, 4.69) is 10.4 Å². The first kappa shape index (κ1) is 9.40. The highest BCUT2D eigenvalue weighted by Gasteiger charge is 2.25. The molecule has 0 spiro atoms. The normalized spacial score (nSPS) is 21.4. The van der Waals surface area contributed by atoms with E-state index in [1.165, 1.54) is 0 Å². The number of carbonyl (C=O) groups excluding carboxylic acids is 1. The van der Waals surface area contributed by atoms with Crippen molar-refractivity contribution in [1.82, 2.24) is 15.1 Å². The largest absolute Gasteiger partial charge is 0.307 e. The Kier molecular flexibility index (Phi) is 2.63. The molecule has 14 heavy (non-hydrogen) atoms. The molecule has 1 aliphatic heterocycles. The first-order valence-electron chi connectivity index (χ1n) is 5.12. The van der Waals surface area contributed by atoms with Crippen LogP contribution in [0.3, 0.4) is 0 Å². The number of nitrogens with zero attached hydrogens (tertiary/aromatic N) is 2. The molecule has 0 radical (unpaired) electrons. The molecule has 2 heterocycles. The van der Waals surface area contributed by atoms with E-state index in [4.69, 9.17) is 0 Å². The highest BCUT2D eigenvalue weighted by atomic mass is 16.1. The molecule has 0 aliphatic carbocycles. The van der Waals surface area contributed by atoms with Crippen molar-refractivity contribution in [2.75, 3.05) is 6.54 Å². The summed E-state index contributed by atoms with van der Waals surface area (Å²) in [6, 6.07) is 1.81. The number of ketones is 1. The first-order valence-corrected chi connectivity index (χ1v) is 5.12. The molecule has 4 nitrogen and oxygen atoms in total. The second-order valence-electron chi connectivity index (χ2n) is 3.55. The Morgan fingerprint density at radius 2 is 2.64 bits per heavy atom. The predicted octanol–water partition coefficient (Wildman–Crippen LogP) is 0.838. The van der Waals surface area contributed by atoms with Gasteiger partial charge < -0.3 is 5.32 Å². The molecule has 1 saturated heterocycles. The molecule has 1 N–H and O–H groups in total. The van der Waals surface area contributed by atoms with E-state index >= 15 is 0 Å². The minimum absolute atomic E-state index is 0.0111. The van der Waals surface area contributed by atoms with Gasteiger partial charge in [0.25, 0.3) is 0 Å². The summed E-state index contributed by atoms with van der Waals surface area (Å²) in [6.45, 7) is 3.70. The third kappa shape index (κ3) is 1.57. The number of rotatable bonds is 3. The Bertz CT molecular complexity index is 326. The number of nitrogens with one attached hydrogen (secondary N) is 1. The van der Waals surface area contributed by atoms with E-state index in [-0.39, 0.29) is 11.8 Å². The van der Waals surface area contributed by atoms with Crippen LogP contribution in [-0.4, -0.2) is 28.2 Å². The number of hydrogen-bond donors (Lipinski definition) is 1. The lowest BCUT2D eigenvalue weighted by Gasteiger charge is -2.09. The number of Topliss-reactive ketones (excluding diaryl/α,β-unsaturated/α-hetero) is 1. The molecule has 1 aromatic heterocycles. The minimum Gasteiger partial charge on any atom is -0.307 e. The van der Waals surface area contributed by atoms with Gasteiger partial charge in [0.05, 0.1) is 6.04 Å². The van der Waals surface area contributed by atoms with Crippen LogP contribution >= 0.6 is 0 Å². The Balaban J connectivity index is 2.17. The molecule has 0 amide bonds. The molecule has 1 atom stereocenters. The molecule has 1 aliphatic rings. The molecule has 1 aromatic rings. The molecule has 1 unspecified atom stereocenters. The summed E-state index contributed by atoms with van der Waals surface area (Å²) in [6.07, 6.45) is 3.73. The topological polar surface area (TPSA) is 46.9 Å². The zero-order valence-corrected chi connectivity index (χ0v) is 8.36. The molecule has 1 fully saturated rings. The van der Waals surface area contributed by atoms with Crippen molar-refractivity contribution in [3.05, 3.63) is 18.0 Å². The number of aromatic nitrogens is 2. The summed E-state index contributed by atoms with van der Waals surface area (Å²) in [4.78, 5) is 12.0. The SMILES string of the molecule is CCn1nccc1C(=O)C1CCCN1. The predicted molar refractivity (Wildman–Crippen MR) is 53.3 cm³/mol.